The fourth-order valence-corrected chi connectivity index (χ4v) is 2.02. The van der Waals surface area contributed by atoms with Crippen molar-refractivity contribution >= 4 is 0 Å². The molecule has 0 bridgehead atoms. The predicted molar refractivity (Wildman–Crippen MR) is 70.5 cm³/mol. The average molecular weight is 237 g/mol. The van der Waals surface area contributed by atoms with Crippen molar-refractivity contribution in [3.8, 4) is 5.75 Å². The van der Waals surface area contributed by atoms with Gasteiger partial charge in [0, 0.05) is 7.11 Å². The maximum atomic E-state index is 5.60. The Morgan fingerprint density at radius 2 is 1.94 bits per heavy atom. The van der Waals surface area contributed by atoms with Crippen LogP contribution in [0.15, 0.2) is 12.1 Å². The van der Waals surface area contributed by atoms with E-state index in [0.717, 1.165) is 17.7 Å². The van der Waals surface area contributed by atoms with E-state index < -0.39 is 0 Å². The summed E-state index contributed by atoms with van der Waals surface area (Å²) in [4.78, 5) is 0. The zero-order valence-electron chi connectivity index (χ0n) is 11.2. The van der Waals surface area contributed by atoms with Gasteiger partial charge in [-0.3, -0.25) is 0 Å². The Morgan fingerprint density at radius 3 is 2.47 bits per heavy atom. The Balaban J connectivity index is 3.04. The first-order valence-corrected chi connectivity index (χ1v) is 6.10. The van der Waals surface area contributed by atoms with Crippen LogP contribution in [-0.2, 0) is 4.74 Å². The molecule has 0 aliphatic rings. The van der Waals surface area contributed by atoms with E-state index >= 15 is 0 Å². The Kier molecular flexibility index (Phi) is 5.45. The average Bonchev–Trinajstić information content (AvgIpc) is 2.31. The SMILES string of the molecule is CCOc1cc(C)c(C(CCN)OC)cc1C. The number of ether oxygens (including phenoxy) is 2. The van der Waals surface area contributed by atoms with Gasteiger partial charge < -0.3 is 15.2 Å². The van der Waals surface area contributed by atoms with Gasteiger partial charge in [0.25, 0.3) is 0 Å². The van der Waals surface area contributed by atoms with E-state index in [0.29, 0.717) is 13.2 Å². The quantitative estimate of drug-likeness (QED) is 0.827. The predicted octanol–water partition coefficient (Wildman–Crippen LogP) is 2.74. The molecule has 1 unspecified atom stereocenters. The number of benzene rings is 1. The molecule has 96 valence electrons. The molecule has 0 radical (unpaired) electrons. The maximum Gasteiger partial charge on any atom is 0.122 e. The topological polar surface area (TPSA) is 44.5 Å². The summed E-state index contributed by atoms with van der Waals surface area (Å²) in [6.45, 7) is 7.46. The first-order chi connectivity index (χ1) is 8.13. The van der Waals surface area contributed by atoms with Crippen molar-refractivity contribution in [3.63, 3.8) is 0 Å². The summed E-state index contributed by atoms with van der Waals surface area (Å²) in [5, 5.41) is 0. The van der Waals surface area contributed by atoms with Crippen LogP contribution in [0.25, 0.3) is 0 Å². The first-order valence-electron chi connectivity index (χ1n) is 6.10. The molecule has 1 aromatic rings. The van der Waals surface area contributed by atoms with E-state index in [1.165, 1.54) is 11.1 Å². The third-order valence-corrected chi connectivity index (χ3v) is 2.92. The zero-order valence-corrected chi connectivity index (χ0v) is 11.2. The molecule has 17 heavy (non-hydrogen) atoms. The summed E-state index contributed by atoms with van der Waals surface area (Å²) in [6.07, 6.45) is 0.916. The largest absolute Gasteiger partial charge is 0.494 e. The molecule has 0 saturated heterocycles. The van der Waals surface area contributed by atoms with E-state index in [1.54, 1.807) is 7.11 Å². The van der Waals surface area contributed by atoms with Crippen LogP contribution in [0.1, 0.15) is 36.1 Å². The van der Waals surface area contributed by atoms with Gasteiger partial charge in [0.15, 0.2) is 0 Å². The van der Waals surface area contributed by atoms with Crippen LogP contribution in [0.5, 0.6) is 5.75 Å². The number of rotatable bonds is 6. The maximum absolute atomic E-state index is 5.60. The molecular formula is C14H23NO2. The number of nitrogens with two attached hydrogens (primary N) is 1. The van der Waals surface area contributed by atoms with Crippen LogP contribution < -0.4 is 10.5 Å². The lowest BCUT2D eigenvalue weighted by Crippen LogP contribution is -2.11. The van der Waals surface area contributed by atoms with Crippen LogP contribution >= 0.6 is 0 Å². The molecule has 0 aromatic heterocycles. The molecule has 0 amide bonds. The molecule has 0 aliphatic carbocycles. The van der Waals surface area contributed by atoms with E-state index in [1.807, 2.05) is 6.92 Å². The minimum absolute atomic E-state index is 0.0781. The third kappa shape index (κ3) is 3.45. The molecule has 3 heteroatoms. The van der Waals surface area contributed by atoms with Crippen LogP contribution in [0, 0.1) is 13.8 Å². The lowest BCUT2D eigenvalue weighted by molar-refractivity contribution is 0.0971. The van der Waals surface area contributed by atoms with E-state index in [4.69, 9.17) is 15.2 Å². The highest BCUT2D eigenvalue weighted by Crippen LogP contribution is 2.29. The lowest BCUT2D eigenvalue weighted by atomic mass is 9.98. The van der Waals surface area contributed by atoms with Gasteiger partial charge in [0.2, 0.25) is 0 Å². The van der Waals surface area contributed by atoms with Crippen LogP contribution in [0.3, 0.4) is 0 Å². The fourth-order valence-electron chi connectivity index (χ4n) is 2.02. The zero-order chi connectivity index (χ0) is 12.8. The summed E-state index contributed by atoms with van der Waals surface area (Å²) in [5.74, 6) is 0.955. The van der Waals surface area contributed by atoms with E-state index in [-0.39, 0.29) is 6.10 Å². The van der Waals surface area contributed by atoms with Crippen LogP contribution in [0.4, 0.5) is 0 Å². The fraction of sp³-hybridized carbons (Fsp3) is 0.571. The highest BCUT2D eigenvalue weighted by Gasteiger charge is 2.14. The van der Waals surface area contributed by atoms with Gasteiger partial charge in [-0.1, -0.05) is 0 Å². The van der Waals surface area contributed by atoms with Gasteiger partial charge in [0.05, 0.1) is 12.7 Å². The van der Waals surface area contributed by atoms with Crippen molar-refractivity contribution in [3.05, 3.63) is 28.8 Å². The standard InChI is InChI=1S/C14H23NO2/c1-5-17-14-9-10(2)12(8-11(14)3)13(16-4)6-7-15/h8-9,13H,5-7,15H2,1-4H3. The highest BCUT2D eigenvalue weighted by atomic mass is 16.5. The summed E-state index contributed by atoms with van der Waals surface area (Å²) in [7, 11) is 1.73. The number of hydrogen-bond donors (Lipinski definition) is 1. The normalized spacial score (nSPS) is 12.5. The van der Waals surface area contributed by atoms with Crippen molar-refractivity contribution in [1.29, 1.82) is 0 Å². The van der Waals surface area contributed by atoms with Crippen molar-refractivity contribution in [1.82, 2.24) is 0 Å². The van der Waals surface area contributed by atoms with Crippen molar-refractivity contribution in [2.75, 3.05) is 20.3 Å². The van der Waals surface area contributed by atoms with Gasteiger partial charge in [-0.15, -0.1) is 0 Å². The number of hydrogen-bond acceptors (Lipinski definition) is 3. The minimum Gasteiger partial charge on any atom is -0.494 e. The van der Waals surface area contributed by atoms with E-state index in [2.05, 4.69) is 26.0 Å². The van der Waals surface area contributed by atoms with Gasteiger partial charge >= 0.3 is 0 Å². The van der Waals surface area contributed by atoms with Crippen molar-refractivity contribution < 1.29 is 9.47 Å². The van der Waals surface area contributed by atoms with Gasteiger partial charge in [-0.05, 0) is 62.6 Å². The monoisotopic (exact) mass is 237 g/mol. The van der Waals surface area contributed by atoms with Gasteiger partial charge in [-0.25, -0.2) is 0 Å². The van der Waals surface area contributed by atoms with Crippen molar-refractivity contribution in [2.45, 2.75) is 33.3 Å². The Bertz CT molecular complexity index is 363. The minimum atomic E-state index is 0.0781. The molecule has 2 N–H and O–H groups in total. The summed E-state index contributed by atoms with van der Waals surface area (Å²) in [6, 6.07) is 4.22. The van der Waals surface area contributed by atoms with Gasteiger partial charge in [-0.2, -0.15) is 0 Å². The Morgan fingerprint density at radius 1 is 1.24 bits per heavy atom. The van der Waals surface area contributed by atoms with E-state index in [9.17, 15) is 0 Å². The number of aryl methyl sites for hydroxylation is 2. The molecule has 0 spiro atoms. The molecule has 1 aromatic carbocycles. The lowest BCUT2D eigenvalue weighted by Gasteiger charge is -2.19. The molecule has 1 rings (SSSR count). The third-order valence-electron chi connectivity index (χ3n) is 2.92. The Labute approximate surface area is 104 Å². The molecule has 1 atom stereocenters. The second kappa shape index (κ2) is 6.62. The second-order valence-electron chi connectivity index (χ2n) is 4.21. The summed E-state index contributed by atoms with van der Waals surface area (Å²) in [5.41, 5.74) is 9.15. The molecule has 3 nitrogen and oxygen atoms in total. The summed E-state index contributed by atoms with van der Waals surface area (Å²) >= 11 is 0. The molecule has 0 saturated carbocycles. The Hall–Kier alpha value is -1.06. The van der Waals surface area contributed by atoms with Gasteiger partial charge in [0.1, 0.15) is 5.75 Å². The number of methoxy groups -OCH3 is 1. The molecule has 0 fully saturated rings. The molecule has 0 aliphatic heterocycles. The smallest absolute Gasteiger partial charge is 0.122 e. The highest BCUT2D eigenvalue weighted by molar-refractivity contribution is 5.42. The summed E-state index contributed by atoms with van der Waals surface area (Å²) < 4.78 is 11.1. The van der Waals surface area contributed by atoms with Crippen LogP contribution in [0.2, 0.25) is 0 Å². The van der Waals surface area contributed by atoms with Crippen molar-refractivity contribution in [2.24, 2.45) is 5.73 Å². The second-order valence-corrected chi connectivity index (χ2v) is 4.21. The molecular weight excluding hydrogens is 214 g/mol. The first kappa shape index (κ1) is 14.0. The van der Waals surface area contributed by atoms with Crippen LogP contribution in [-0.4, -0.2) is 20.3 Å². The molecule has 0 heterocycles.